The van der Waals surface area contributed by atoms with Gasteiger partial charge in [0, 0.05) is 6.42 Å². The standard InChI is InChI=1S/C18H21NO5/c1-22-16(20)15(14-7-10-24-18(11-14)8-9-18)19-17(21)23-12-13-5-3-2-4-6-13/h2-6H,7-12H2,1H3,(H,19,21)/b15-14-. The summed E-state index contributed by atoms with van der Waals surface area (Å²) in [7, 11) is 1.30. The zero-order chi connectivity index (χ0) is 17.0. The number of carbonyl (C=O) groups excluding carboxylic acids is 2. The molecular weight excluding hydrogens is 310 g/mol. The van der Waals surface area contributed by atoms with Gasteiger partial charge in [0.1, 0.15) is 12.3 Å². The molecule has 1 spiro atoms. The van der Waals surface area contributed by atoms with Crippen LogP contribution in [-0.4, -0.2) is 31.4 Å². The fourth-order valence-corrected chi connectivity index (χ4v) is 2.84. The topological polar surface area (TPSA) is 73.9 Å². The lowest BCUT2D eigenvalue weighted by Gasteiger charge is -2.26. The molecular formula is C18H21NO5. The van der Waals surface area contributed by atoms with Gasteiger partial charge < -0.3 is 14.2 Å². The van der Waals surface area contributed by atoms with E-state index in [2.05, 4.69) is 5.32 Å². The summed E-state index contributed by atoms with van der Waals surface area (Å²) < 4.78 is 15.7. The summed E-state index contributed by atoms with van der Waals surface area (Å²) in [5, 5.41) is 2.56. The zero-order valence-electron chi connectivity index (χ0n) is 13.7. The number of nitrogens with one attached hydrogen (secondary N) is 1. The van der Waals surface area contributed by atoms with Crippen molar-refractivity contribution in [3.05, 3.63) is 47.2 Å². The zero-order valence-corrected chi connectivity index (χ0v) is 13.7. The number of hydrogen-bond acceptors (Lipinski definition) is 5. The second-order valence-corrected chi connectivity index (χ2v) is 6.12. The Hall–Kier alpha value is -2.34. The van der Waals surface area contributed by atoms with E-state index < -0.39 is 12.1 Å². The van der Waals surface area contributed by atoms with Crippen molar-refractivity contribution in [1.82, 2.24) is 5.32 Å². The van der Waals surface area contributed by atoms with E-state index >= 15 is 0 Å². The van der Waals surface area contributed by atoms with E-state index in [9.17, 15) is 9.59 Å². The Balaban J connectivity index is 1.66. The summed E-state index contributed by atoms with van der Waals surface area (Å²) in [5.41, 5.74) is 1.79. The maximum Gasteiger partial charge on any atom is 0.412 e. The predicted octanol–water partition coefficient (Wildman–Crippen LogP) is 2.68. The Kier molecular flexibility index (Phi) is 4.85. The Morgan fingerprint density at radius 3 is 2.67 bits per heavy atom. The van der Waals surface area contributed by atoms with E-state index in [1.54, 1.807) is 0 Å². The van der Waals surface area contributed by atoms with Gasteiger partial charge in [-0.25, -0.2) is 9.59 Å². The monoisotopic (exact) mass is 331 g/mol. The fourth-order valence-electron chi connectivity index (χ4n) is 2.84. The number of rotatable bonds is 4. The molecule has 2 fully saturated rings. The number of alkyl carbamates (subject to hydrolysis) is 1. The van der Waals surface area contributed by atoms with Crippen LogP contribution in [0.4, 0.5) is 4.79 Å². The second kappa shape index (κ2) is 7.05. The molecule has 24 heavy (non-hydrogen) atoms. The molecule has 0 aromatic heterocycles. The van der Waals surface area contributed by atoms with Crippen molar-refractivity contribution in [3.8, 4) is 0 Å². The summed E-state index contributed by atoms with van der Waals surface area (Å²) in [6, 6.07) is 9.36. The molecule has 1 saturated carbocycles. The van der Waals surface area contributed by atoms with Crippen molar-refractivity contribution in [2.45, 2.75) is 37.9 Å². The quantitative estimate of drug-likeness (QED) is 0.678. The normalized spacial score (nSPS) is 20.2. The van der Waals surface area contributed by atoms with E-state index in [1.807, 2.05) is 30.3 Å². The number of methoxy groups -OCH3 is 1. The molecule has 1 aliphatic heterocycles. The average molecular weight is 331 g/mol. The Morgan fingerprint density at radius 2 is 2.00 bits per heavy atom. The van der Waals surface area contributed by atoms with Gasteiger partial charge in [-0.1, -0.05) is 30.3 Å². The summed E-state index contributed by atoms with van der Waals surface area (Å²) in [4.78, 5) is 24.1. The molecule has 6 heteroatoms. The first kappa shape index (κ1) is 16.5. The lowest BCUT2D eigenvalue weighted by atomic mass is 9.98. The van der Waals surface area contributed by atoms with Crippen LogP contribution in [0.15, 0.2) is 41.6 Å². The van der Waals surface area contributed by atoms with Crippen LogP contribution >= 0.6 is 0 Å². The van der Waals surface area contributed by atoms with Crippen LogP contribution in [-0.2, 0) is 25.6 Å². The third kappa shape index (κ3) is 3.94. The van der Waals surface area contributed by atoms with Gasteiger partial charge in [-0.3, -0.25) is 5.32 Å². The minimum Gasteiger partial charge on any atom is -0.464 e. The number of benzene rings is 1. The molecule has 3 rings (SSSR count). The van der Waals surface area contributed by atoms with Crippen LogP contribution in [0.1, 0.15) is 31.2 Å². The molecule has 0 unspecified atom stereocenters. The first-order valence-electron chi connectivity index (χ1n) is 8.04. The van der Waals surface area contributed by atoms with Crippen molar-refractivity contribution in [3.63, 3.8) is 0 Å². The highest BCUT2D eigenvalue weighted by Crippen LogP contribution is 2.48. The van der Waals surface area contributed by atoms with Crippen molar-refractivity contribution >= 4 is 12.1 Å². The van der Waals surface area contributed by atoms with E-state index in [4.69, 9.17) is 14.2 Å². The number of esters is 1. The van der Waals surface area contributed by atoms with Crippen LogP contribution in [0.2, 0.25) is 0 Å². The van der Waals surface area contributed by atoms with Crippen LogP contribution in [0, 0.1) is 0 Å². The highest BCUT2D eigenvalue weighted by Gasteiger charge is 2.47. The van der Waals surface area contributed by atoms with Crippen LogP contribution < -0.4 is 5.32 Å². The molecule has 1 amide bonds. The molecule has 1 saturated heterocycles. The molecule has 1 aliphatic carbocycles. The van der Waals surface area contributed by atoms with Crippen molar-refractivity contribution in [2.24, 2.45) is 0 Å². The lowest BCUT2D eigenvalue weighted by molar-refractivity contribution is -0.136. The lowest BCUT2D eigenvalue weighted by Crippen LogP contribution is -2.33. The smallest absolute Gasteiger partial charge is 0.412 e. The van der Waals surface area contributed by atoms with Gasteiger partial charge in [0.2, 0.25) is 0 Å². The van der Waals surface area contributed by atoms with Gasteiger partial charge in [0.15, 0.2) is 0 Å². The van der Waals surface area contributed by atoms with Crippen molar-refractivity contribution in [2.75, 3.05) is 13.7 Å². The average Bonchev–Trinajstić information content (AvgIpc) is 3.36. The summed E-state index contributed by atoms with van der Waals surface area (Å²) >= 11 is 0. The van der Waals surface area contributed by atoms with E-state index in [-0.39, 0.29) is 17.9 Å². The minimum absolute atomic E-state index is 0.136. The number of amides is 1. The molecule has 0 atom stereocenters. The first-order valence-corrected chi connectivity index (χ1v) is 8.04. The predicted molar refractivity (Wildman–Crippen MR) is 86.0 cm³/mol. The van der Waals surface area contributed by atoms with Gasteiger partial charge in [-0.2, -0.15) is 0 Å². The van der Waals surface area contributed by atoms with Crippen LogP contribution in [0.3, 0.4) is 0 Å². The summed E-state index contributed by atoms with van der Waals surface area (Å²) in [6.45, 7) is 0.695. The number of carbonyl (C=O) groups is 2. The van der Waals surface area contributed by atoms with Crippen LogP contribution in [0.25, 0.3) is 0 Å². The number of hydrogen-bond donors (Lipinski definition) is 1. The van der Waals surface area contributed by atoms with Crippen molar-refractivity contribution in [1.29, 1.82) is 0 Å². The summed E-state index contributed by atoms with van der Waals surface area (Å²) in [5.74, 6) is -0.556. The highest BCUT2D eigenvalue weighted by atomic mass is 16.6. The first-order chi connectivity index (χ1) is 11.6. The summed E-state index contributed by atoms with van der Waals surface area (Å²) in [6.07, 6.45) is 2.57. The molecule has 1 aromatic carbocycles. The fraction of sp³-hybridized carbons (Fsp3) is 0.444. The van der Waals surface area contributed by atoms with E-state index in [0.29, 0.717) is 19.4 Å². The SMILES string of the molecule is COC(=O)/C(NC(=O)OCc1ccccc1)=C1\CCOC2(CC2)C1. The number of ether oxygens (including phenoxy) is 3. The highest BCUT2D eigenvalue weighted by molar-refractivity contribution is 5.93. The van der Waals surface area contributed by atoms with E-state index in [1.165, 1.54) is 7.11 Å². The van der Waals surface area contributed by atoms with E-state index in [0.717, 1.165) is 24.0 Å². The van der Waals surface area contributed by atoms with Gasteiger partial charge in [-0.05, 0) is 30.4 Å². The third-order valence-electron chi connectivity index (χ3n) is 4.34. The largest absolute Gasteiger partial charge is 0.464 e. The van der Waals surface area contributed by atoms with Gasteiger partial charge in [0.25, 0.3) is 0 Å². The second-order valence-electron chi connectivity index (χ2n) is 6.12. The van der Waals surface area contributed by atoms with Crippen LogP contribution in [0.5, 0.6) is 0 Å². The third-order valence-corrected chi connectivity index (χ3v) is 4.34. The molecule has 1 heterocycles. The molecule has 0 bridgehead atoms. The molecule has 128 valence electrons. The Labute approximate surface area is 140 Å². The van der Waals surface area contributed by atoms with Gasteiger partial charge >= 0.3 is 12.1 Å². The molecule has 6 nitrogen and oxygen atoms in total. The Bertz CT molecular complexity index is 649. The van der Waals surface area contributed by atoms with Crippen molar-refractivity contribution < 1.29 is 23.8 Å². The minimum atomic E-state index is -0.664. The molecule has 0 radical (unpaired) electrons. The Morgan fingerprint density at radius 1 is 1.25 bits per heavy atom. The maximum absolute atomic E-state index is 12.1. The maximum atomic E-state index is 12.1. The van der Waals surface area contributed by atoms with Gasteiger partial charge in [-0.15, -0.1) is 0 Å². The molecule has 2 aliphatic rings. The molecule has 1 N–H and O–H groups in total. The van der Waals surface area contributed by atoms with Gasteiger partial charge in [0.05, 0.1) is 19.3 Å². The molecule has 1 aromatic rings.